The van der Waals surface area contributed by atoms with E-state index in [-0.39, 0.29) is 5.60 Å². The van der Waals surface area contributed by atoms with E-state index in [4.69, 9.17) is 9.84 Å². The molecule has 1 aromatic heterocycles. The number of aromatic carboxylic acids is 1. The van der Waals surface area contributed by atoms with Gasteiger partial charge < -0.3 is 14.4 Å². The summed E-state index contributed by atoms with van der Waals surface area (Å²) in [5.74, 6) is -0.880. The molecule has 1 heterocycles. The smallest absolute Gasteiger partial charge is 0.337 e. The molecule has 0 aliphatic carbocycles. The summed E-state index contributed by atoms with van der Waals surface area (Å²) in [5, 5.41) is 9.01. The zero-order chi connectivity index (χ0) is 12.5. The van der Waals surface area contributed by atoms with Crippen molar-refractivity contribution in [3.8, 4) is 0 Å². The molecule has 1 rings (SSSR count). The predicted octanol–water partition coefficient (Wildman–Crippen LogP) is 2.23. The van der Waals surface area contributed by atoms with E-state index in [2.05, 4.69) is 0 Å². The fraction of sp³-hybridized carbons (Fsp3) is 0.583. The second-order valence-corrected chi connectivity index (χ2v) is 4.64. The highest BCUT2D eigenvalue weighted by Crippen LogP contribution is 2.19. The minimum absolute atomic E-state index is 0.301. The molecule has 0 amide bonds. The molecule has 0 saturated carbocycles. The van der Waals surface area contributed by atoms with Gasteiger partial charge in [0.1, 0.15) is 0 Å². The van der Waals surface area contributed by atoms with E-state index >= 15 is 0 Å². The van der Waals surface area contributed by atoms with Crippen LogP contribution in [0.2, 0.25) is 0 Å². The van der Waals surface area contributed by atoms with Crippen LogP contribution in [0.5, 0.6) is 0 Å². The Balaban J connectivity index is 3.11. The van der Waals surface area contributed by atoms with Crippen LogP contribution in [0, 0.1) is 13.8 Å². The summed E-state index contributed by atoms with van der Waals surface area (Å²) in [6, 6.07) is 1.70. The van der Waals surface area contributed by atoms with Gasteiger partial charge in [-0.25, -0.2) is 4.79 Å². The Kier molecular flexibility index (Phi) is 3.43. The van der Waals surface area contributed by atoms with Crippen LogP contribution in [0.4, 0.5) is 0 Å². The highest BCUT2D eigenvalue weighted by molar-refractivity contribution is 5.89. The molecule has 0 spiro atoms. The molecule has 0 aromatic carbocycles. The summed E-state index contributed by atoms with van der Waals surface area (Å²) in [5.41, 5.74) is 1.78. The maximum absolute atomic E-state index is 11.0. The normalized spacial score (nSPS) is 11.8. The van der Waals surface area contributed by atoms with Gasteiger partial charge in [0, 0.05) is 18.5 Å². The molecule has 1 aromatic rings. The quantitative estimate of drug-likeness (QED) is 0.854. The summed E-state index contributed by atoms with van der Waals surface area (Å²) in [4.78, 5) is 11.0. The van der Waals surface area contributed by atoms with Crippen LogP contribution in [0.3, 0.4) is 0 Å². The van der Waals surface area contributed by atoms with Gasteiger partial charge in [0.2, 0.25) is 0 Å². The fourth-order valence-electron chi connectivity index (χ4n) is 1.71. The fourth-order valence-corrected chi connectivity index (χ4v) is 1.71. The van der Waals surface area contributed by atoms with E-state index < -0.39 is 5.97 Å². The molecule has 90 valence electrons. The third-order valence-electron chi connectivity index (χ3n) is 2.90. The number of aryl methyl sites for hydroxylation is 1. The first-order valence-corrected chi connectivity index (χ1v) is 5.23. The molecule has 0 saturated heterocycles. The third kappa shape index (κ3) is 2.44. The van der Waals surface area contributed by atoms with Crippen LogP contribution in [0.1, 0.15) is 35.6 Å². The van der Waals surface area contributed by atoms with Gasteiger partial charge in [0.15, 0.2) is 0 Å². The van der Waals surface area contributed by atoms with Crippen molar-refractivity contribution in [1.29, 1.82) is 0 Å². The predicted molar refractivity (Wildman–Crippen MR) is 62.0 cm³/mol. The van der Waals surface area contributed by atoms with Crippen molar-refractivity contribution in [2.24, 2.45) is 0 Å². The van der Waals surface area contributed by atoms with Gasteiger partial charge in [0.05, 0.1) is 17.7 Å². The summed E-state index contributed by atoms with van der Waals surface area (Å²) >= 11 is 0. The molecule has 4 nitrogen and oxygen atoms in total. The topological polar surface area (TPSA) is 51.5 Å². The van der Waals surface area contributed by atoms with Crippen molar-refractivity contribution in [2.45, 2.75) is 39.8 Å². The molecule has 0 aliphatic rings. The van der Waals surface area contributed by atoms with Gasteiger partial charge in [-0.05, 0) is 33.8 Å². The number of methoxy groups -OCH3 is 1. The largest absolute Gasteiger partial charge is 0.478 e. The Hall–Kier alpha value is -1.29. The second-order valence-electron chi connectivity index (χ2n) is 4.64. The van der Waals surface area contributed by atoms with Gasteiger partial charge in [0.25, 0.3) is 0 Å². The van der Waals surface area contributed by atoms with Crippen LogP contribution < -0.4 is 0 Å². The summed E-state index contributed by atoms with van der Waals surface area (Å²) in [6.45, 7) is 8.33. The summed E-state index contributed by atoms with van der Waals surface area (Å²) in [7, 11) is 1.66. The first kappa shape index (κ1) is 12.8. The van der Waals surface area contributed by atoms with Crippen LogP contribution in [0.15, 0.2) is 6.07 Å². The Morgan fingerprint density at radius 3 is 2.44 bits per heavy atom. The molecule has 16 heavy (non-hydrogen) atoms. The lowest BCUT2D eigenvalue weighted by Gasteiger charge is -2.25. The first-order chi connectivity index (χ1) is 7.28. The zero-order valence-electron chi connectivity index (χ0n) is 10.5. The van der Waals surface area contributed by atoms with E-state index in [1.54, 1.807) is 13.2 Å². The molecule has 0 aliphatic heterocycles. The van der Waals surface area contributed by atoms with E-state index in [1.165, 1.54) is 0 Å². The van der Waals surface area contributed by atoms with E-state index in [1.807, 2.05) is 32.3 Å². The average Bonchev–Trinajstić information content (AvgIpc) is 2.45. The van der Waals surface area contributed by atoms with E-state index in [0.29, 0.717) is 12.1 Å². The van der Waals surface area contributed by atoms with E-state index in [0.717, 1.165) is 11.4 Å². The molecule has 4 heteroatoms. The lowest BCUT2D eigenvalue weighted by atomic mass is 10.1. The van der Waals surface area contributed by atoms with Gasteiger partial charge in [-0.1, -0.05) is 0 Å². The number of carboxylic acid groups (broad SMARTS) is 1. The number of ether oxygens (including phenoxy) is 1. The van der Waals surface area contributed by atoms with Crippen LogP contribution in [-0.2, 0) is 11.3 Å². The maximum atomic E-state index is 11.0. The van der Waals surface area contributed by atoms with Crippen molar-refractivity contribution >= 4 is 5.97 Å². The molecule has 0 radical (unpaired) electrons. The number of carboxylic acids is 1. The molecular weight excluding hydrogens is 206 g/mol. The summed E-state index contributed by atoms with van der Waals surface area (Å²) in [6.07, 6.45) is 0. The van der Waals surface area contributed by atoms with Crippen LogP contribution in [0.25, 0.3) is 0 Å². The van der Waals surface area contributed by atoms with Crippen molar-refractivity contribution in [3.05, 3.63) is 23.0 Å². The van der Waals surface area contributed by atoms with Gasteiger partial charge in [-0.3, -0.25) is 0 Å². The lowest BCUT2D eigenvalue weighted by Crippen LogP contribution is -2.30. The highest BCUT2D eigenvalue weighted by atomic mass is 16.5. The standard InChI is InChI=1S/C12H19NO3/c1-8-6-10(11(14)15)9(2)13(8)7-12(3,4)16-5/h6H,7H2,1-5H3,(H,14,15). The second kappa shape index (κ2) is 4.29. The molecule has 0 atom stereocenters. The van der Waals surface area contributed by atoms with Crippen molar-refractivity contribution in [2.75, 3.05) is 7.11 Å². The SMILES string of the molecule is COC(C)(C)Cn1c(C)cc(C(=O)O)c1C. The minimum Gasteiger partial charge on any atom is -0.478 e. The Morgan fingerprint density at radius 2 is 2.06 bits per heavy atom. The zero-order valence-corrected chi connectivity index (χ0v) is 10.5. The highest BCUT2D eigenvalue weighted by Gasteiger charge is 2.21. The Morgan fingerprint density at radius 1 is 1.50 bits per heavy atom. The van der Waals surface area contributed by atoms with Crippen LogP contribution in [-0.4, -0.2) is 28.4 Å². The maximum Gasteiger partial charge on any atom is 0.337 e. The van der Waals surface area contributed by atoms with Gasteiger partial charge in [-0.2, -0.15) is 0 Å². The number of aromatic nitrogens is 1. The number of rotatable bonds is 4. The Bertz CT molecular complexity index is 405. The monoisotopic (exact) mass is 225 g/mol. The molecule has 0 unspecified atom stereocenters. The number of hydrogen-bond donors (Lipinski definition) is 1. The van der Waals surface area contributed by atoms with E-state index in [9.17, 15) is 4.79 Å². The average molecular weight is 225 g/mol. The minimum atomic E-state index is -0.880. The van der Waals surface area contributed by atoms with Gasteiger partial charge in [-0.15, -0.1) is 0 Å². The van der Waals surface area contributed by atoms with Crippen molar-refractivity contribution in [3.63, 3.8) is 0 Å². The molecule has 0 bridgehead atoms. The number of nitrogens with zero attached hydrogens (tertiary/aromatic N) is 1. The van der Waals surface area contributed by atoms with Gasteiger partial charge >= 0.3 is 5.97 Å². The lowest BCUT2D eigenvalue weighted by molar-refractivity contribution is 0.00735. The third-order valence-corrected chi connectivity index (χ3v) is 2.90. The summed E-state index contributed by atoms with van der Waals surface area (Å²) < 4.78 is 7.33. The van der Waals surface area contributed by atoms with Crippen molar-refractivity contribution in [1.82, 2.24) is 4.57 Å². The number of hydrogen-bond acceptors (Lipinski definition) is 2. The van der Waals surface area contributed by atoms with Crippen LogP contribution >= 0.6 is 0 Å². The molecular formula is C12H19NO3. The Labute approximate surface area is 95.8 Å². The molecule has 0 fully saturated rings. The molecule has 1 N–H and O–H groups in total. The first-order valence-electron chi connectivity index (χ1n) is 5.23. The number of carbonyl (C=O) groups is 1. The van der Waals surface area contributed by atoms with Crippen molar-refractivity contribution < 1.29 is 14.6 Å².